The van der Waals surface area contributed by atoms with Gasteiger partial charge in [-0.15, -0.1) is 0 Å². The highest BCUT2D eigenvalue weighted by Gasteiger charge is 2.31. The normalized spacial score (nSPS) is 22.8. The van der Waals surface area contributed by atoms with Crippen molar-refractivity contribution in [2.45, 2.75) is 12.0 Å². The minimum atomic E-state index is -0.826. The molecule has 1 unspecified atom stereocenters. The molecule has 0 aliphatic carbocycles. The molecular weight excluding hydrogens is 244 g/mol. The highest BCUT2D eigenvalue weighted by molar-refractivity contribution is 5.97. The number of hydrogen-bond acceptors (Lipinski definition) is 4. The molecule has 1 aliphatic heterocycles. The third-order valence-electron chi connectivity index (χ3n) is 3.50. The van der Waals surface area contributed by atoms with Gasteiger partial charge >= 0.3 is 0 Å². The van der Waals surface area contributed by atoms with E-state index < -0.39 is 5.60 Å². The number of aliphatic hydroxyl groups is 1. The molecule has 100 valence electrons. The summed E-state index contributed by atoms with van der Waals surface area (Å²) in [5.74, 6) is -0.183. The topological polar surface area (TPSA) is 90.0 Å². The van der Waals surface area contributed by atoms with Crippen molar-refractivity contribution in [3.8, 4) is 0 Å². The number of rotatable bonds is 3. The Morgan fingerprint density at radius 1 is 1.53 bits per heavy atom. The van der Waals surface area contributed by atoms with Crippen LogP contribution in [0.5, 0.6) is 0 Å². The van der Waals surface area contributed by atoms with Crippen LogP contribution in [0.4, 0.5) is 0 Å². The average molecular weight is 260 g/mol. The van der Waals surface area contributed by atoms with Crippen molar-refractivity contribution in [3.63, 3.8) is 0 Å². The Kier molecular flexibility index (Phi) is 2.96. The van der Waals surface area contributed by atoms with Gasteiger partial charge in [-0.2, -0.15) is 5.10 Å². The van der Waals surface area contributed by atoms with Gasteiger partial charge in [-0.05, 0) is 25.1 Å². The summed E-state index contributed by atoms with van der Waals surface area (Å²) >= 11 is 0. The van der Waals surface area contributed by atoms with Gasteiger partial charge in [0.15, 0.2) is 0 Å². The summed E-state index contributed by atoms with van der Waals surface area (Å²) < 4.78 is 0. The van der Waals surface area contributed by atoms with E-state index in [0.29, 0.717) is 18.5 Å². The summed E-state index contributed by atoms with van der Waals surface area (Å²) in [6.07, 6.45) is 2.37. The summed E-state index contributed by atoms with van der Waals surface area (Å²) in [7, 11) is 0. The predicted octanol–water partition coefficient (Wildman–Crippen LogP) is 0.0171. The van der Waals surface area contributed by atoms with E-state index in [-0.39, 0.29) is 12.5 Å². The number of nitrogens with one attached hydrogen (secondary N) is 3. The Labute approximate surface area is 110 Å². The Morgan fingerprint density at radius 3 is 3.21 bits per heavy atom. The Balaban J connectivity index is 1.69. The Bertz CT molecular complexity index is 601. The van der Waals surface area contributed by atoms with Crippen molar-refractivity contribution in [3.05, 3.63) is 30.0 Å². The largest absolute Gasteiger partial charge is 0.387 e. The fourth-order valence-electron chi connectivity index (χ4n) is 2.31. The average Bonchev–Trinajstić information content (AvgIpc) is 3.04. The second-order valence-electron chi connectivity index (χ2n) is 5.01. The van der Waals surface area contributed by atoms with Gasteiger partial charge in [-0.1, -0.05) is 6.07 Å². The number of carbonyl (C=O) groups is 1. The number of aromatic nitrogens is 2. The van der Waals surface area contributed by atoms with E-state index in [1.165, 1.54) is 0 Å². The molecule has 3 rings (SSSR count). The first-order chi connectivity index (χ1) is 9.16. The number of carbonyl (C=O) groups excluding carboxylic acids is 1. The highest BCUT2D eigenvalue weighted by atomic mass is 16.3. The van der Waals surface area contributed by atoms with E-state index >= 15 is 0 Å². The molecule has 0 bridgehead atoms. The Hall–Kier alpha value is -1.92. The number of amides is 1. The van der Waals surface area contributed by atoms with Gasteiger partial charge in [-0.25, -0.2) is 0 Å². The van der Waals surface area contributed by atoms with E-state index in [2.05, 4.69) is 20.8 Å². The van der Waals surface area contributed by atoms with Crippen molar-refractivity contribution in [1.29, 1.82) is 0 Å². The lowest BCUT2D eigenvalue weighted by molar-refractivity contribution is 0.0562. The molecule has 19 heavy (non-hydrogen) atoms. The molecule has 0 radical (unpaired) electrons. The quantitative estimate of drug-likeness (QED) is 0.626. The number of benzene rings is 1. The minimum Gasteiger partial charge on any atom is -0.387 e. The molecule has 0 saturated carbocycles. The first-order valence-corrected chi connectivity index (χ1v) is 6.31. The van der Waals surface area contributed by atoms with Crippen LogP contribution in [0.15, 0.2) is 24.4 Å². The second kappa shape index (κ2) is 4.64. The third kappa shape index (κ3) is 2.45. The maximum atomic E-state index is 12.0. The number of β-amino-alcohol motifs (C(OH)–C–C–N with tert-alkyl or cyclic N) is 1. The van der Waals surface area contributed by atoms with Crippen LogP contribution in [0.3, 0.4) is 0 Å². The number of hydrogen-bond donors (Lipinski definition) is 4. The summed E-state index contributed by atoms with van der Waals surface area (Å²) in [5, 5.41) is 23.7. The molecule has 1 atom stereocenters. The van der Waals surface area contributed by atoms with Crippen LogP contribution in [-0.2, 0) is 0 Å². The molecule has 2 heterocycles. The maximum Gasteiger partial charge on any atom is 0.251 e. The number of aromatic amines is 1. The first kappa shape index (κ1) is 12.1. The Morgan fingerprint density at radius 2 is 2.42 bits per heavy atom. The highest BCUT2D eigenvalue weighted by Crippen LogP contribution is 2.15. The summed E-state index contributed by atoms with van der Waals surface area (Å²) in [6, 6.07) is 5.36. The molecule has 1 amide bonds. The van der Waals surface area contributed by atoms with E-state index in [9.17, 15) is 9.90 Å². The van der Waals surface area contributed by atoms with Crippen LogP contribution in [-0.4, -0.2) is 46.4 Å². The molecular formula is C13H16N4O2. The molecule has 2 aromatic rings. The number of fused-ring (bicyclic) bond motifs is 1. The molecule has 1 fully saturated rings. The molecule has 6 nitrogen and oxygen atoms in total. The molecule has 1 aromatic heterocycles. The number of nitrogens with zero attached hydrogens (tertiary/aromatic N) is 1. The van der Waals surface area contributed by atoms with Crippen molar-refractivity contribution < 1.29 is 9.90 Å². The SMILES string of the molecule is O=C(NCC1(O)CCNC1)c1ccc2cn[nH]c2c1. The standard InChI is InChI=1S/C13H16N4O2/c18-12(15-8-13(19)3-4-14-7-13)9-1-2-10-6-16-17-11(10)5-9/h1-2,5-6,14,19H,3-4,7-8H2,(H,15,18)(H,16,17). The van der Waals surface area contributed by atoms with Crippen molar-refractivity contribution in [2.24, 2.45) is 0 Å². The zero-order valence-corrected chi connectivity index (χ0v) is 10.4. The molecule has 1 saturated heterocycles. The lowest BCUT2D eigenvalue weighted by Gasteiger charge is -2.21. The van der Waals surface area contributed by atoms with E-state index in [1.807, 2.05) is 6.07 Å². The lowest BCUT2D eigenvalue weighted by Crippen LogP contribution is -2.44. The van der Waals surface area contributed by atoms with E-state index in [1.54, 1.807) is 18.3 Å². The zero-order chi connectivity index (χ0) is 13.3. The molecule has 4 N–H and O–H groups in total. The van der Waals surface area contributed by atoms with E-state index in [4.69, 9.17) is 0 Å². The first-order valence-electron chi connectivity index (χ1n) is 6.31. The third-order valence-corrected chi connectivity index (χ3v) is 3.50. The van der Waals surface area contributed by atoms with Crippen LogP contribution >= 0.6 is 0 Å². The van der Waals surface area contributed by atoms with Crippen LogP contribution in [0, 0.1) is 0 Å². The zero-order valence-electron chi connectivity index (χ0n) is 10.4. The predicted molar refractivity (Wildman–Crippen MR) is 70.9 cm³/mol. The molecule has 1 aliphatic rings. The van der Waals surface area contributed by atoms with Gasteiger partial charge in [0, 0.05) is 24.0 Å². The van der Waals surface area contributed by atoms with Gasteiger partial charge in [-0.3, -0.25) is 9.89 Å². The van der Waals surface area contributed by atoms with Crippen molar-refractivity contribution in [2.75, 3.05) is 19.6 Å². The van der Waals surface area contributed by atoms with Gasteiger partial charge in [0.05, 0.1) is 17.3 Å². The lowest BCUT2D eigenvalue weighted by atomic mass is 10.0. The maximum absolute atomic E-state index is 12.0. The van der Waals surface area contributed by atoms with Crippen molar-refractivity contribution >= 4 is 16.8 Å². The van der Waals surface area contributed by atoms with Crippen molar-refractivity contribution in [1.82, 2.24) is 20.8 Å². The van der Waals surface area contributed by atoms with Gasteiger partial charge in [0.2, 0.25) is 0 Å². The molecule has 6 heteroatoms. The number of H-pyrrole nitrogens is 1. The van der Waals surface area contributed by atoms with Crippen LogP contribution in [0.25, 0.3) is 10.9 Å². The van der Waals surface area contributed by atoms with Crippen LogP contribution < -0.4 is 10.6 Å². The molecule has 1 aromatic carbocycles. The second-order valence-corrected chi connectivity index (χ2v) is 5.01. The summed E-state index contributed by atoms with van der Waals surface area (Å²) in [5.41, 5.74) is 0.563. The summed E-state index contributed by atoms with van der Waals surface area (Å²) in [6.45, 7) is 1.57. The van der Waals surface area contributed by atoms with E-state index in [0.717, 1.165) is 17.4 Å². The summed E-state index contributed by atoms with van der Waals surface area (Å²) in [4.78, 5) is 12.0. The van der Waals surface area contributed by atoms with Crippen LogP contribution in [0.1, 0.15) is 16.8 Å². The minimum absolute atomic E-state index is 0.183. The van der Waals surface area contributed by atoms with Gasteiger partial charge < -0.3 is 15.7 Å². The monoisotopic (exact) mass is 260 g/mol. The molecule has 0 spiro atoms. The smallest absolute Gasteiger partial charge is 0.251 e. The fraction of sp³-hybridized carbons (Fsp3) is 0.385. The van der Waals surface area contributed by atoms with Crippen LogP contribution in [0.2, 0.25) is 0 Å². The fourth-order valence-corrected chi connectivity index (χ4v) is 2.31. The van der Waals surface area contributed by atoms with Gasteiger partial charge in [0.1, 0.15) is 0 Å². The van der Waals surface area contributed by atoms with Gasteiger partial charge in [0.25, 0.3) is 5.91 Å².